The number of anilines is 2. The van der Waals surface area contributed by atoms with E-state index in [0.717, 1.165) is 0 Å². The Morgan fingerprint density at radius 2 is 2.10 bits per heavy atom. The Labute approximate surface area is 126 Å². The molecule has 0 atom stereocenters. The summed E-state index contributed by atoms with van der Waals surface area (Å²) in [5, 5.41) is 5.75. The van der Waals surface area contributed by atoms with Crippen LogP contribution in [0.5, 0.6) is 5.88 Å². The van der Waals surface area contributed by atoms with Gasteiger partial charge in [-0.3, -0.25) is 10.1 Å². The van der Waals surface area contributed by atoms with Crippen molar-refractivity contribution in [1.82, 2.24) is 15.0 Å². The van der Waals surface area contributed by atoms with Crippen LogP contribution in [-0.4, -0.2) is 35.0 Å². The molecule has 2 N–H and O–H groups in total. The maximum Gasteiger partial charge on any atom is 0.259 e. The normalized spacial score (nSPS) is 10.1. The molecule has 2 aromatic rings. The highest BCUT2D eigenvalue weighted by atomic mass is 35.5. The Morgan fingerprint density at radius 3 is 2.71 bits per heavy atom. The molecule has 0 aliphatic carbocycles. The molecule has 0 saturated heterocycles. The average molecular weight is 308 g/mol. The topological polar surface area (TPSA) is 89.0 Å². The van der Waals surface area contributed by atoms with E-state index in [9.17, 15) is 4.79 Å². The van der Waals surface area contributed by atoms with Gasteiger partial charge in [0.25, 0.3) is 5.91 Å². The van der Waals surface area contributed by atoms with E-state index in [1.54, 1.807) is 20.0 Å². The molecular formula is C13H14ClN5O2. The van der Waals surface area contributed by atoms with Crippen molar-refractivity contribution in [2.24, 2.45) is 0 Å². The second-order valence-corrected chi connectivity index (χ2v) is 4.54. The maximum absolute atomic E-state index is 12.1. The van der Waals surface area contributed by atoms with Gasteiger partial charge < -0.3 is 10.1 Å². The van der Waals surface area contributed by atoms with Gasteiger partial charge in [0.1, 0.15) is 5.82 Å². The van der Waals surface area contributed by atoms with Gasteiger partial charge in [-0.2, -0.15) is 4.98 Å². The summed E-state index contributed by atoms with van der Waals surface area (Å²) in [7, 11) is 3.19. The molecule has 0 aromatic carbocycles. The van der Waals surface area contributed by atoms with Crippen LogP contribution >= 0.6 is 11.6 Å². The van der Waals surface area contributed by atoms with Gasteiger partial charge in [0.2, 0.25) is 11.8 Å². The molecule has 0 unspecified atom stereocenters. The first-order valence-electron chi connectivity index (χ1n) is 6.08. The van der Waals surface area contributed by atoms with Gasteiger partial charge in [0.15, 0.2) is 0 Å². The maximum atomic E-state index is 12.1. The number of aromatic nitrogens is 3. The lowest BCUT2D eigenvalue weighted by molar-refractivity contribution is 0.102. The zero-order valence-electron chi connectivity index (χ0n) is 11.8. The Kier molecular flexibility index (Phi) is 4.54. The van der Waals surface area contributed by atoms with Crippen molar-refractivity contribution in [3.05, 3.63) is 34.6 Å². The molecule has 8 heteroatoms. The van der Waals surface area contributed by atoms with E-state index >= 15 is 0 Å². The molecule has 2 heterocycles. The first kappa shape index (κ1) is 15.0. The summed E-state index contributed by atoms with van der Waals surface area (Å²) in [6.07, 6.45) is 1.42. The third-order valence-electron chi connectivity index (χ3n) is 2.61. The fourth-order valence-corrected chi connectivity index (χ4v) is 1.88. The van der Waals surface area contributed by atoms with E-state index in [1.807, 2.05) is 0 Å². The van der Waals surface area contributed by atoms with Crippen molar-refractivity contribution >= 4 is 29.3 Å². The van der Waals surface area contributed by atoms with Gasteiger partial charge in [-0.05, 0) is 13.0 Å². The van der Waals surface area contributed by atoms with E-state index in [0.29, 0.717) is 28.0 Å². The highest BCUT2D eigenvalue weighted by molar-refractivity contribution is 6.33. The number of hydrogen-bond donors (Lipinski definition) is 2. The van der Waals surface area contributed by atoms with E-state index in [-0.39, 0.29) is 5.95 Å². The van der Waals surface area contributed by atoms with Crippen molar-refractivity contribution in [2.75, 3.05) is 24.8 Å². The van der Waals surface area contributed by atoms with Gasteiger partial charge in [0.05, 0.1) is 17.7 Å². The number of methoxy groups -OCH3 is 1. The number of nitrogens with zero attached hydrogens (tertiary/aromatic N) is 3. The van der Waals surface area contributed by atoms with Crippen molar-refractivity contribution < 1.29 is 9.53 Å². The molecule has 0 aliphatic rings. The smallest absolute Gasteiger partial charge is 0.259 e. The first-order chi connectivity index (χ1) is 10.0. The molecule has 0 bridgehead atoms. The van der Waals surface area contributed by atoms with Crippen LogP contribution in [-0.2, 0) is 0 Å². The summed E-state index contributed by atoms with van der Waals surface area (Å²) < 4.78 is 5.03. The van der Waals surface area contributed by atoms with Crippen LogP contribution in [0.1, 0.15) is 16.1 Å². The van der Waals surface area contributed by atoms with Crippen molar-refractivity contribution in [3.8, 4) is 5.88 Å². The fourth-order valence-electron chi connectivity index (χ4n) is 1.62. The molecule has 0 saturated carbocycles. The molecule has 0 radical (unpaired) electrons. The minimum absolute atomic E-state index is 0.158. The monoisotopic (exact) mass is 307 g/mol. The lowest BCUT2D eigenvalue weighted by Crippen LogP contribution is -2.15. The summed E-state index contributed by atoms with van der Waals surface area (Å²) >= 11 is 5.99. The Bertz CT molecular complexity index is 678. The quantitative estimate of drug-likeness (QED) is 0.899. The predicted molar refractivity (Wildman–Crippen MR) is 80.1 cm³/mol. The third-order valence-corrected chi connectivity index (χ3v) is 2.89. The lowest BCUT2D eigenvalue weighted by atomic mass is 10.2. The van der Waals surface area contributed by atoms with Gasteiger partial charge in [-0.1, -0.05) is 11.6 Å². The molecule has 1 amide bonds. The molecule has 0 spiro atoms. The van der Waals surface area contributed by atoms with Crippen LogP contribution < -0.4 is 15.4 Å². The number of rotatable bonds is 4. The van der Waals surface area contributed by atoms with E-state index in [4.69, 9.17) is 16.3 Å². The summed E-state index contributed by atoms with van der Waals surface area (Å²) in [4.78, 5) is 24.3. The molecule has 2 rings (SSSR count). The van der Waals surface area contributed by atoms with Crippen LogP contribution in [0.2, 0.25) is 5.02 Å². The predicted octanol–water partition coefficient (Wildman–Crippen LogP) is 2.14. The highest BCUT2D eigenvalue weighted by Crippen LogP contribution is 2.20. The molecule has 0 fully saturated rings. The number of amides is 1. The third kappa shape index (κ3) is 3.57. The van der Waals surface area contributed by atoms with Gasteiger partial charge in [-0.25, -0.2) is 9.97 Å². The molecule has 7 nitrogen and oxygen atoms in total. The standard InChI is InChI=1S/C13H14ClN5O2/c1-7-4-10(21-3)18-13(17-7)19-12(20)8-5-9(14)11(15-2)16-6-8/h4-6H,1-3H3,(H,15,16)(H,17,18,19,20). The van der Waals surface area contributed by atoms with Crippen LogP contribution in [0.15, 0.2) is 18.3 Å². The Morgan fingerprint density at radius 1 is 1.33 bits per heavy atom. The number of pyridine rings is 1. The summed E-state index contributed by atoms with van der Waals surface area (Å²) in [5.41, 5.74) is 0.988. The minimum atomic E-state index is -0.403. The SMILES string of the molecule is CNc1ncc(C(=O)Nc2nc(C)cc(OC)n2)cc1Cl. The van der Waals surface area contributed by atoms with E-state index in [2.05, 4.69) is 25.6 Å². The van der Waals surface area contributed by atoms with Crippen LogP contribution in [0, 0.1) is 6.92 Å². The summed E-state index contributed by atoms with van der Waals surface area (Å²) in [6.45, 7) is 1.78. The van der Waals surface area contributed by atoms with Crippen molar-refractivity contribution in [1.29, 1.82) is 0 Å². The zero-order valence-corrected chi connectivity index (χ0v) is 12.5. The van der Waals surface area contributed by atoms with Gasteiger partial charge in [-0.15, -0.1) is 0 Å². The van der Waals surface area contributed by atoms with Crippen LogP contribution in [0.4, 0.5) is 11.8 Å². The second kappa shape index (κ2) is 6.36. The molecule has 21 heavy (non-hydrogen) atoms. The Balaban J connectivity index is 2.21. The number of nitrogens with one attached hydrogen (secondary N) is 2. The number of carbonyl (C=O) groups is 1. The van der Waals surface area contributed by atoms with E-state index < -0.39 is 5.91 Å². The largest absolute Gasteiger partial charge is 0.481 e. The Hall–Kier alpha value is -2.41. The first-order valence-corrected chi connectivity index (χ1v) is 6.45. The van der Waals surface area contributed by atoms with Crippen LogP contribution in [0.25, 0.3) is 0 Å². The molecule has 2 aromatic heterocycles. The average Bonchev–Trinajstić information content (AvgIpc) is 2.46. The number of ether oxygens (including phenoxy) is 1. The van der Waals surface area contributed by atoms with Crippen molar-refractivity contribution in [2.45, 2.75) is 6.92 Å². The zero-order chi connectivity index (χ0) is 15.4. The number of carbonyl (C=O) groups excluding carboxylic acids is 1. The van der Waals surface area contributed by atoms with Crippen molar-refractivity contribution in [3.63, 3.8) is 0 Å². The highest BCUT2D eigenvalue weighted by Gasteiger charge is 2.12. The molecular weight excluding hydrogens is 294 g/mol. The number of halogens is 1. The second-order valence-electron chi connectivity index (χ2n) is 4.13. The van der Waals surface area contributed by atoms with Gasteiger partial charge >= 0.3 is 0 Å². The summed E-state index contributed by atoms with van der Waals surface area (Å²) in [6, 6.07) is 3.18. The molecule has 110 valence electrons. The fraction of sp³-hybridized carbons (Fsp3) is 0.231. The number of aryl methyl sites for hydroxylation is 1. The minimum Gasteiger partial charge on any atom is -0.481 e. The summed E-state index contributed by atoms with van der Waals surface area (Å²) in [5.74, 6) is 0.631. The molecule has 0 aliphatic heterocycles. The lowest BCUT2D eigenvalue weighted by Gasteiger charge is -2.08. The number of hydrogen-bond acceptors (Lipinski definition) is 6. The van der Waals surface area contributed by atoms with Crippen LogP contribution in [0.3, 0.4) is 0 Å². The van der Waals surface area contributed by atoms with Gasteiger partial charge in [0, 0.05) is 25.0 Å². The van der Waals surface area contributed by atoms with E-state index in [1.165, 1.54) is 19.4 Å².